The standard InChI is InChI=1S/C26H27FN8O2/c1-26(2,28)16-10-20(15-4-6-17(27)7-5-15)31-23(11-16)37-24-18-13-34(14-19(18)24)25(36)21-12-22(32-33(21)3)35-29-8-9-30-35/h4-12,18-19,24H,13-14,28H2,1-3H3. The number of rotatable bonds is 6. The van der Waals surface area contributed by atoms with Crippen LogP contribution in [0.2, 0.25) is 0 Å². The van der Waals surface area contributed by atoms with Crippen molar-refractivity contribution < 1.29 is 13.9 Å². The van der Waals surface area contributed by atoms with Crippen LogP contribution in [0.25, 0.3) is 17.1 Å². The maximum Gasteiger partial charge on any atom is 0.272 e. The molecule has 2 unspecified atom stereocenters. The lowest BCUT2D eigenvalue weighted by atomic mass is 9.95. The first-order chi connectivity index (χ1) is 17.7. The summed E-state index contributed by atoms with van der Waals surface area (Å²) in [5, 5.41) is 12.5. The number of carbonyl (C=O) groups excluding carboxylic acids is 1. The molecule has 37 heavy (non-hydrogen) atoms. The van der Waals surface area contributed by atoms with Crippen LogP contribution < -0.4 is 10.5 Å². The summed E-state index contributed by atoms with van der Waals surface area (Å²) >= 11 is 0. The number of piperidine rings is 1. The van der Waals surface area contributed by atoms with E-state index in [2.05, 4.69) is 20.3 Å². The minimum absolute atomic E-state index is 0.0240. The van der Waals surface area contributed by atoms with Gasteiger partial charge in [-0.2, -0.15) is 15.3 Å². The molecule has 4 heterocycles. The first kappa shape index (κ1) is 23.3. The van der Waals surface area contributed by atoms with Gasteiger partial charge in [0.1, 0.15) is 17.6 Å². The van der Waals surface area contributed by atoms with E-state index in [1.807, 2.05) is 30.9 Å². The second kappa shape index (κ2) is 8.48. The molecule has 3 aromatic heterocycles. The Balaban J connectivity index is 1.16. The summed E-state index contributed by atoms with van der Waals surface area (Å²) in [6, 6.07) is 11.7. The van der Waals surface area contributed by atoms with E-state index in [1.54, 1.807) is 42.3 Å². The molecule has 10 nitrogen and oxygen atoms in total. The van der Waals surface area contributed by atoms with Crippen molar-refractivity contribution in [3.05, 3.63) is 71.9 Å². The van der Waals surface area contributed by atoms with Crippen LogP contribution >= 0.6 is 0 Å². The maximum absolute atomic E-state index is 13.4. The first-order valence-corrected chi connectivity index (χ1v) is 12.1. The highest BCUT2D eigenvalue weighted by atomic mass is 19.1. The van der Waals surface area contributed by atoms with Gasteiger partial charge >= 0.3 is 0 Å². The number of benzene rings is 1. The smallest absolute Gasteiger partial charge is 0.272 e. The predicted octanol–water partition coefficient (Wildman–Crippen LogP) is 2.55. The number of carbonyl (C=O) groups is 1. The molecule has 1 aromatic carbocycles. The molecular formula is C26H27FN8O2. The molecule has 6 rings (SSSR count). The predicted molar refractivity (Wildman–Crippen MR) is 132 cm³/mol. The highest BCUT2D eigenvalue weighted by Gasteiger charge is 2.59. The highest BCUT2D eigenvalue weighted by molar-refractivity contribution is 5.93. The molecular weight excluding hydrogens is 475 g/mol. The van der Waals surface area contributed by atoms with Gasteiger partial charge in [-0.15, -0.1) is 4.80 Å². The zero-order valence-corrected chi connectivity index (χ0v) is 20.7. The van der Waals surface area contributed by atoms with Gasteiger partial charge in [0.15, 0.2) is 5.82 Å². The molecule has 2 atom stereocenters. The Bertz CT molecular complexity index is 1450. The molecule has 11 heteroatoms. The Hall–Kier alpha value is -4.12. The number of nitrogens with two attached hydrogens (primary N) is 1. The normalized spacial score (nSPS) is 20.7. The van der Waals surface area contributed by atoms with E-state index < -0.39 is 5.54 Å². The number of hydrogen-bond acceptors (Lipinski definition) is 7. The number of pyridine rings is 1. The van der Waals surface area contributed by atoms with Gasteiger partial charge in [0.05, 0.1) is 18.1 Å². The van der Waals surface area contributed by atoms with Crippen molar-refractivity contribution >= 4 is 5.91 Å². The van der Waals surface area contributed by atoms with Crippen LogP contribution in [-0.2, 0) is 12.6 Å². The number of nitrogens with zero attached hydrogens (tertiary/aromatic N) is 7. The minimum atomic E-state index is -0.605. The van der Waals surface area contributed by atoms with Gasteiger partial charge in [0.25, 0.3) is 5.91 Å². The number of halogens is 1. The lowest BCUT2D eigenvalue weighted by Gasteiger charge is -2.22. The van der Waals surface area contributed by atoms with Crippen molar-refractivity contribution in [2.24, 2.45) is 24.6 Å². The van der Waals surface area contributed by atoms with Crippen LogP contribution in [0.1, 0.15) is 29.9 Å². The van der Waals surface area contributed by atoms with Crippen LogP contribution in [0.3, 0.4) is 0 Å². The lowest BCUT2D eigenvalue weighted by molar-refractivity contribution is 0.0740. The molecule has 0 radical (unpaired) electrons. The second-order valence-corrected chi connectivity index (χ2v) is 10.3. The zero-order chi connectivity index (χ0) is 25.9. The monoisotopic (exact) mass is 502 g/mol. The van der Waals surface area contributed by atoms with E-state index >= 15 is 0 Å². The molecule has 1 saturated heterocycles. The number of amides is 1. The molecule has 1 saturated carbocycles. The fraction of sp³-hybridized carbons (Fsp3) is 0.346. The van der Waals surface area contributed by atoms with E-state index in [-0.39, 0.29) is 29.7 Å². The van der Waals surface area contributed by atoms with Crippen LogP contribution in [0.15, 0.2) is 54.9 Å². The number of hydrogen-bond donors (Lipinski definition) is 1. The van der Waals surface area contributed by atoms with E-state index in [0.29, 0.717) is 36.2 Å². The Labute approximate surface area is 212 Å². The number of aryl methyl sites for hydroxylation is 1. The summed E-state index contributed by atoms with van der Waals surface area (Å²) in [4.78, 5) is 21.1. The third-order valence-corrected chi connectivity index (χ3v) is 7.06. The van der Waals surface area contributed by atoms with Gasteiger partial charge < -0.3 is 15.4 Å². The largest absolute Gasteiger partial charge is 0.474 e. The SMILES string of the molecule is Cn1nc(-n2nccn2)cc1C(=O)N1CC2C(C1)C2Oc1cc(C(C)(C)N)cc(-c2ccc(F)cc2)n1. The third kappa shape index (κ3) is 4.35. The van der Waals surface area contributed by atoms with Crippen LogP contribution in [0.5, 0.6) is 5.88 Å². The van der Waals surface area contributed by atoms with Crippen molar-refractivity contribution in [1.82, 2.24) is 34.7 Å². The Morgan fingerprint density at radius 2 is 1.76 bits per heavy atom. The van der Waals surface area contributed by atoms with Gasteiger partial charge in [0, 0.05) is 55.2 Å². The molecule has 4 aromatic rings. The lowest BCUT2D eigenvalue weighted by Crippen LogP contribution is -2.34. The van der Waals surface area contributed by atoms with E-state index in [1.165, 1.54) is 16.9 Å². The van der Waals surface area contributed by atoms with Crippen LogP contribution in [-0.4, -0.2) is 59.8 Å². The summed E-state index contributed by atoms with van der Waals surface area (Å²) in [5.74, 6) is 1.05. The molecule has 2 fully saturated rings. The molecule has 1 aliphatic heterocycles. The van der Waals surface area contributed by atoms with Crippen molar-refractivity contribution in [2.75, 3.05) is 13.1 Å². The van der Waals surface area contributed by atoms with Gasteiger partial charge in [-0.05, 0) is 49.7 Å². The fourth-order valence-electron chi connectivity index (χ4n) is 4.90. The number of likely N-dealkylation sites (tertiary alicyclic amines) is 1. The molecule has 1 amide bonds. The number of aromatic nitrogens is 6. The summed E-state index contributed by atoms with van der Waals surface area (Å²) in [5.41, 5.74) is 8.59. The zero-order valence-electron chi connectivity index (χ0n) is 20.7. The second-order valence-electron chi connectivity index (χ2n) is 10.3. The van der Waals surface area contributed by atoms with Gasteiger partial charge in [-0.25, -0.2) is 9.37 Å². The molecule has 0 bridgehead atoms. The summed E-state index contributed by atoms with van der Waals surface area (Å²) in [6.07, 6.45) is 3.10. The van der Waals surface area contributed by atoms with Crippen molar-refractivity contribution in [1.29, 1.82) is 0 Å². The quantitative estimate of drug-likeness (QED) is 0.431. The summed E-state index contributed by atoms with van der Waals surface area (Å²) < 4.78 is 21.3. The average Bonchev–Trinajstić information content (AvgIpc) is 3.36. The third-order valence-electron chi connectivity index (χ3n) is 7.06. The van der Waals surface area contributed by atoms with Gasteiger partial charge in [-0.1, -0.05) is 0 Å². The topological polar surface area (TPSA) is 117 Å². The minimum Gasteiger partial charge on any atom is -0.474 e. The number of ether oxygens (including phenoxy) is 1. The Kier molecular flexibility index (Phi) is 5.34. The Morgan fingerprint density at radius 3 is 2.41 bits per heavy atom. The van der Waals surface area contributed by atoms with Crippen molar-refractivity contribution in [3.8, 4) is 23.0 Å². The van der Waals surface area contributed by atoms with Crippen LogP contribution in [0.4, 0.5) is 4.39 Å². The van der Waals surface area contributed by atoms with E-state index in [4.69, 9.17) is 10.5 Å². The fourth-order valence-corrected chi connectivity index (χ4v) is 4.90. The summed E-state index contributed by atoms with van der Waals surface area (Å²) in [7, 11) is 1.74. The van der Waals surface area contributed by atoms with Crippen LogP contribution in [0, 0.1) is 17.7 Å². The van der Waals surface area contributed by atoms with Crippen molar-refractivity contribution in [2.45, 2.75) is 25.5 Å². The van der Waals surface area contributed by atoms with Gasteiger partial charge in [0.2, 0.25) is 5.88 Å². The van der Waals surface area contributed by atoms with Crippen molar-refractivity contribution in [3.63, 3.8) is 0 Å². The maximum atomic E-state index is 13.4. The molecule has 0 spiro atoms. The first-order valence-electron chi connectivity index (χ1n) is 12.1. The molecule has 190 valence electrons. The number of fused-ring (bicyclic) bond motifs is 1. The van der Waals surface area contributed by atoms with Gasteiger partial charge in [-0.3, -0.25) is 9.48 Å². The Morgan fingerprint density at radius 1 is 1.08 bits per heavy atom. The molecule has 2 N–H and O–H groups in total. The highest BCUT2D eigenvalue weighted by Crippen LogP contribution is 2.48. The van der Waals surface area contributed by atoms with E-state index in [0.717, 1.165) is 11.1 Å². The summed E-state index contributed by atoms with van der Waals surface area (Å²) in [6.45, 7) is 5.04. The average molecular weight is 503 g/mol. The molecule has 1 aliphatic carbocycles. The van der Waals surface area contributed by atoms with E-state index in [9.17, 15) is 9.18 Å². The molecule has 2 aliphatic rings.